The number of fused-ring (bicyclic) bond motifs is 1. The zero-order chi connectivity index (χ0) is 30.3. The second-order valence-electron chi connectivity index (χ2n) is 10.0. The predicted molar refractivity (Wildman–Crippen MR) is 152 cm³/mol. The Hall–Kier alpha value is -4.16. The van der Waals surface area contributed by atoms with Gasteiger partial charge in [-0.1, -0.05) is 42.5 Å². The summed E-state index contributed by atoms with van der Waals surface area (Å²) in [5, 5.41) is 33.1. The molecule has 4 N–H and O–H groups in total. The van der Waals surface area contributed by atoms with Crippen molar-refractivity contribution >= 4 is 11.9 Å². The van der Waals surface area contributed by atoms with Gasteiger partial charge in [-0.25, -0.2) is 9.59 Å². The Bertz CT molecular complexity index is 1360. The third-order valence-corrected chi connectivity index (χ3v) is 6.73. The highest BCUT2D eigenvalue weighted by Crippen LogP contribution is 2.48. The van der Waals surface area contributed by atoms with E-state index < -0.39 is 23.8 Å². The number of ether oxygens (including phenoxy) is 5. The number of aliphatic carboxylic acids is 2. The van der Waals surface area contributed by atoms with Crippen LogP contribution in [0.1, 0.15) is 23.6 Å². The lowest BCUT2D eigenvalue weighted by Gasteiger charge is -2.20. The van der Waals surface area contributed by atoms with Gasteiger partial charge in [0.1, 0.15) is 18.5 Å². The van der Waals surface area contributed by atoms with Gasteiger partial charge >= 0.3 is 17.7 Å². The maximum absolute atomic E-state index is 11.9. The van der Waals surface area contributed by atoms with Crippen LogP contribution in [0.3, 0.4) is 0 Å². The van der Waals surface area contributed by atoms with E-state index in [1.807, 2.05) is 55.5 Å². The molecule has 0 fully saturated rings. The smallest absolute Gasteiger partial charge is 0.453 e. The van der Waals surface area contributed by atoms with Gasteiger partial charge in [0.2, 0.25) is 0 Å². The van der Waals surface area contributed by atoms with Crippen molar-refractivity contribution in [1.82, 2.24) is 5.32 Å². The van der Waals surface area contributed by atoms with Crippen LogP contribution in [0, 0.1) is 0 Å². The number of carboxylic acid groups (broad SMARTS) is 2. The molecule has 224 valence electrons. The van der Waals surface area contributed by atoms with Gasteiger partial charge in [0.25, 0.3) is 0 Å². The van der Waals surface area contributed by atoms with Gasteiger partial charge in [-0.2, -0.15) is 0 Å². The molecule has 42 heavy (non-hydrogen) atoms. The van der Waals surface area contributed by atoms with Crippen molar-refractivity contribution in [2.75, 3.05) is 27.4 Å². The van der Waals surface area contributed by atoms with Gasteiger partial charge < -0.3 is 44.3 Å². The molecule has 11 heteroatoms. The second-order valence-corrected chi connectivity index (χ2v) is 10.0. The molecule has 0 saturated heterocycles. The molecule has 0 spiro atoms. The first kappa shape index (κ1) is 30.8. The highest BCUT2D eigenvalue weighted by atomic mass is 16.8. The lowest BCUT2D eigenvalue weighted by molar-refractivity contribution is -0.194. The predicted octanol–water partition coefficient (Wildman–Crippen LogP) is 3.24. The quantitative estimate of drug-likeness (QED) is 0.196. The Labute approximate surface area is 243 Å². The SMILES string of the molecule is COCc1ccc(OCC(O)CNC(C)Cc2ccc3c(c2-c2ccc(COC)cc2)OC(C(=O)O)(C(=O)O)O3)cc1. The molecule has 11 nitrogen and oxygen atoms in total. The summed E-state index contributed by atoms with van der Waals surface area (Å²) in [6.45, 7) is 3.22. The Morgan fingerprint density at radius 1 is 0.881 bits per heavy atom. The van der Waals surface area contributed by atoms with Crippen molar-refractivity contribution in [2.45, 2.75) is 44.5 Å². The van der Waals surface area contributed by atoms with Crippen LogP contribution in [0.5, 0.6) is 17.2 Å². The van der Waals surface area contributed by atoms with Gasteiger partial charge in [-0.05, 0) is 53.8 Å². The van der Waals surface area contributed by atoms with E-state index in [0.717, 1.165) is 16.7 Å². The third-order valence-electron chi connectivity index (χ3n) is 6.73. The molecule has 4 rings (SSSR count). The second kappa shape index (κ2) is 13.7. The van der Waals surface area contributed by atoms with Crippen LogP contribution in [-0.4, -0.2) is 72.6 Å². The fourth-order valence-electron chi connectivity index (χ4n) is 4.63. The van der Waals surface area contributed by atoms with Crippen molar-refractivity contribution in [2.24, 2.45) is 0 Å². The van der Waals surface area contributed by atoms with Gasteiger partial charge in [-0.15, -0.1) is 0 Å². The standard InChI is InChI=1S/C31H35NO10/c1-19(32-15-24(33)18-40-25-11-6-21(7-12-25)17-39-3)14-23-10-13-26-28(42-31(41-26,29(34)35)30(36)37)27(23)22-8-4-20(5-9-22)16-38-2/h4-13,19,24,32-33H,14-18H2,1-3H3,(H,34,35)(H,36,37). The summed E-state index contributed by atoms with van der Waals surface area (Å²) in [7, 11) is 3.22. The van der Waals surface area contributed by atoms with E-state index in [0.29, 0.717) is 36.5 Å². The molecule has 1 heterocycles. The van der Waals surface area contributed by atoms with Crippen molar-refractivity contribution in [3.63, 3.8) is 0 Å². The summed E-state index contributed by atoms with van der Waals surface area (Å²) < 4.78 is 26.9. The van der Waals surface area contributed by atoms with E-state index in [1.165, 1.54) is 6.07 Å². The first-order valence-corrected chi connectivity index (χ1v) is 13.4. The molecule has 0 amide bonds. The van der Waals surface area contributed by atoms with E-state index in [4.69, 9.17) is 23.7 Å². The van der Waals surface area contributed by atoms with E-state index in [9.17, 15) is 24.9 Å². The number of rotatable bonds is 15. The molecule has 0 radical (unpaired) electrons. The molecule has 2 unspecified atom stereocenters. The van der Waals surface area contributed by atoms with Gasteiger partial charge in [0, 0.05) is 32.4 Å². The summed E-state index contributed by atoms with van der Waals surface area (Å²) >= 11 is 0. The number of aliphatic hydroxyl groups is 1. The van der Waals surface area contributed by atoms with E-state index >= 15 is 0 Å². The van der Waals surface area contributed by atoms with Crippen molar-refractivity contribution < 1.29 is 48.6 Å². The summed E-state index contributed by atoms with van der Waals surface area (Å²) in [6.07, 6.45) is -0.324. The van der Waals surface area contributed by atoms with Crippen LogP contribution in [-0.2, 0) is 38.7 Å². The Morgan fingerprint density at radius 3 is 2.05 bits per heavy atom. The van der Waals surface area contributed by atoms with Crippen LogP contribution < -0.4 is 19.5 Å². The molecule has 0 bridgehead atoms. The zero-order valence-corrected chi connectivity index (χ0v) is 23.7. The molecular formula is C31H35NO10. The zero-order valence-electron chi connectivity index (χ0n) is 23.7. The average molecular weight is 582 g/mol. The number of hydrogen-bond acceptors (Lipinski definition) is 9. The topological polar surface area (TPSA) is 153 Å². The van der Waals surface area contributed by atoms with Crippen LogP contribution in [0.2, 0.25) is 0 Å². The Balaban J connectivity index is 1.48. The van der Waals surface area contributed by atoms with Crippen LogP contribution in [0.15, 0.2) is 60.7 Å². The molecule has 3 aromatic rings. The minimum atomic E-state index is -2.89. The lowest BCUT2D eigenvalue weighted by atomic mass is 9.93. The molecular weight excluding hydrogens is 546 g/mol. The van der Waals surface area contributed by atoms with Crippen molar-refractivity contribution in [1.29, 1.82) is 0 Å². The number of carbonyl (C=O) groups is 2. The van der Waals surface area contributed by atoms with E-state index in [-0.39, 0.29) is 30.7 Å². The number of aliphatic hydroxyl groups excluding tert-OH is 1. The Morgan fingerprint density at radius 2 is 1.48 bits per heavy atom. The minimum Gasteiger partial charge on any atom is -0.491 e. The number of methoxy groups -OCH3 is 2. The van der Waals surface area contributed by atoms with Gasteiger partial charge in [0.15, 0.2) is 11.5 Å². The Kier molecular flexibility index (Phi) is 10.0. The van der Waals surface area contributed by atoms with E-state index in [2.05, 4.69) is 5.32 Å². The first-order chi connectivity index (χ1) is 20.2. The maximum atomic E-state index is 11.9. The van der Waals surface area contributed by atoms with E-state index in [1.54, 1.807) is 20.3 Å². The maximum Gasteiger partial charge on any atom is 0.453 e. The van der Waals surface area contributed by atoms with Gasteiger partial charge in [0.05, 0.1) is 13.2 Å². The minimum absolute atomic E-state index is 0.0166. The molecule has 3 aromatic carbocycles. The number of nitrogens with one attached hydrogen (secondary N) is 1. The largest absolute Gasteiger partial charge is 0.491 e. The number of carboxylic acids is 2. The molecule has 1 aliphatic rings. The number of benzene rings is 3. The third kappa shape index (κ3) is 7.00. The van der Waals surface area contributed by atoms with Crippen molar-refractivity contribution in [3.8, 4) is 28.4 Å². The van der Waals surface area contributed by atoms with Crippen LogP contribution in [0.4, 0.5) is 0 Å². The molecule has 0 aromatic heterocycles. The normalized spacial score (nSPS) is 14.8. The molecule has 0 aliphatic carbocycles. The molecule has 0 saturated carbocycles. The fourth-order valence-corrected chi connectivity index (χ4v) is 4.63. The van der Waals surface area contributed by atoms with Crippen LogP contribution in [0.25, 0.3) is 11.1 Å². The average Bonchev–Trinajstić information content (AvgIpc) is 3.38. The summed E-state index contributed by atoms with van der Waals surface area (Å²) in [5.41, 5.74) is 3.93. The molecule has 1 aliphatic heterocycles. The monoisotopic (exact) mass is 581 g/mol. The summed E-state index contributed by atoms with van der Waals surface area (Å²) in [4.78, 5) is 23.8. The van der Waals surface area contributed by atoms with Crippen molar-refractivity contribution in [3.05, 3.63) is 77.4 Å². The molecule has 2 atom stereocenters. The van der Waals surface area contributed by atoms with Crippen LogP contribution >= 0.6 is 0 Å². The summed E-state index contributed by atoms with van der Waals surface area (Å²) in [6, 6.07) is 18.0. The lowest BCUT2D eigenvalue weighted by Crippen LogP contribution is -2.54. The highest BCUT2D eigenvalue weighted by Gasteiger charge is 2.58. The fraction of sp³-hybridized carbons (Fsp3) is 0.355. The number of hydrogen-bond donors (Lipinski definition) is 4. The highest BCUT2D eigenvalue weighted by molar-refractivity contribution is 6.02. The summed E-state index contributed by atoms with van der Waals surface area (Å²) in [5.74, 6) is -5.74. The first-order valence-electron chi connectivity index (χ1n) is 13.4. The van der Waals surface area contributed by atoms with Gasteiger partial charge in [-0.3, -0.25) is 0 Å².